The summed E-state index contributed by atoms with van der Waals surface area (Å²) in [4.78, 5) is 2.80. The van der Waals surface area contributed by atoms with Crippen molar-refractivity contribution in [3.8, 4) is 0 Å². The largest absolute Gasteiger partial charge is 0.311 e. The van der Waals surface area contributed by atoms with Crippen LogP contribution in [0.4, 0.5) is 0 Å². The smallest absolute Gasteiger partial charge is 0.0304 e. The van der Waals surface area contributed by atoms with Crippen LogP contribution in [0.3, 0.4) is 0 Å². The molecule has 2 nitrogen and oxygen atoms in total. The molecular formula is C15H30N2. The predicted molar refractivity (Wildman–Crippen MR) is 74.3 cm³/mol. The lowest BCUT2D eigenvalue weighted by molar-refractivity contribution is 0.0212. The van der Waals surface area contributed by atoms with Crippen LogP contribution in [-0.4, -0.2) is 36.1 Å². The van der Waals surface area contributed by atoms with Crippen LogP contribution in [0.25, 0.3) is 0 Å². The monoisotopic (exact) mass is 238 g/mol. The maximum Gasteiger partial charge on any atom is 0.0304 e. The van der Waals surface area contributed by atoms with Crippen molar-refractivity contribution in [1.29, 1.82) is 0 Å². The van der Waals surface area contributed by atoms with E-state index in [1.54, 1.807) is 0 Å². The Kier molecular flexibility index (Phi) is 4.48. The predicted octanol–water partition coefficient (Wildman–Crippen LogP) is 3.03. The summed E-state index contributed by atoms with van der Waals surface area (Å²) in [5.41, 5.74) is 0.403. The fourth-order valence-corrected chi connectivity index (χ4v) is 3.20. The molecule has 1 saturated carbocycles. The molecule has 1 aliphatic heterocycles. The molecule has 0 amide bonds. The summed E-state index contributed by atoms with van der Waals surface area (Å²) in [5.74, 6) is 1.00. The molecule has 1 N–H and O–H groups in total. The molecule has 100 valence electrons. The third-order valence-corrected chi connectivity index (χ3v) is 5.08. The van der Waals surface area contributed by atoms with Gasteiger partial charge >= 0.3 is 0 Å². The van der Waals surface area contributed by atoms with Gasteiger partial charge in [-0.2, -0.15) is 0 Å². The molecule has 2 fully saturated rings. The standard InChI is InChI=1S/C15H30N2/c1-4-7-14-11-17(10-13-8-6-9-13)15(3,5-2)12-16-14/h13-14,16H,4-12H2,1-3H3. The van der Waals surface area contributed by atoms with Crippen LogP contribution in [-0.2, 0) is 0 Å². The summed E-state index contributed by atoms with van der Waals surface area (Å²) in [5, 5.41) is 3.76. The fraction of sp³-hybridized carbons (Fsp3) is 1.00. The van der Waals surface area contributed by atoms with Crippen molar-refractivity contribution in [2.75, 3.05) is 19.6 Å². The first-order chi connectivity index (χ1) is 8.18. The Labute approximate surface area is 107 Å². The number of nitrogens with zero attached hydrogens (tertiary/aromatic N) is 1. The minimum atomic E-state index is 0.403. The lowest BCUT2D eigenvalue weighted by Gasteiger charge is -2.50. The van der Waals surface area contributed by atoms with Gasteiger partial charge in [-0.3, -0.25) is 4.90 Å². The van der Waals surface area contributed by atoms with Gasteiger partial charge in [-0.25, -0.2) is 0 Å². The first kappa shape index (κ1) is 13.4. The highest BCUT2D eigenvalue weighted by atomic mass is 15.3. The highest BCUT2D eigenvalue weighted by Crippen LogP contribution is 2.32. The van der Waals surface area contributed by atoms with Crippen molar-refractivity contribution in [1.82, 2.24) is 10.2 Å². The van der Waals surface area contributed by atoms with Gasteiger partial charge in [-0.05, 0) is 38.5 Å². The molecule has 2 unspecified atom stereocenters. The number of hydrogen-bond donors (Lipinski definition) is 1. The molecule has 0 bridgehead atoms. The van der Waals surface area contributed by atoms with Crippen molar-refractivity contribution >= 4 is 0 Å². The van der Waals surface area contributed by atoms with E-state index < -0.39 is 0 Å². The second-order valence-electron chi connectivity index (χ2n) is 6.42. The Bertz CT molecular complexity index is 237. The Morgan fingerprint density at radius 2 is 2.06 bits per heavy atom. The van der Waals surface area contributed by atoms with E-state index in [1.807, 2.05) is 0 Å². The number of rotatable bonds is 5. The molecule has 2 atom stereocenters. The van der Waals surface area contributed by atoms with Crippen LogP contribution >= 0.6 is 0 Å². The molecule has 2 rings (SSSR count). The van der Waals surface area contributed by atoms with Crippen LogP contribution in [0.1, 0.15) is 59.3 Å². The zero-order valence-electron chi connectivity index (χ0n) is 12.0. The zero-order chi connectivity index (χ0) is 12.3. The summed E-state index contributed by atoms with van der Waals surface area (Å²) in [6.45, 7) is 10.9. The van der Waals surface area contributed by atoms with Crippen LogP contribution in [0.2, 0.25) is 0 Å². The van der Waals surface area contributed by atoms with Crippen LogP contribution in [0.15, 0.2) is 0 Å². The molecular weight excluding hydrogens is 208 g/mol. The molecule has 1 saturated heterocycles. The number of hydrogen-bond acceptors (Lipinski definition) is 2. The van der Waals surface area contributed by atoms with Crippen molar-refractivity contribution in [2.24, 2.45) is 5.92 Å². The molecule has 0 spiro atoms. The van der Waals surface area contributed by atoms with Gasteiger partial charge in [0.25, 0.3) is 0 Å². The second-order valence-corrected chi connectivity index (χ2v) is 6.42. The minimum Gasteiger partial charge on any atom is -0.311 e. The van der Waals surface area contributed by atoms with E-state index in [2.05, 4.69) is 31.0 Å². The number of piperazine rings is 1. The minimum absolute atomic E-state index is 0.403. The molecule has 0 aromatic carbocycles. The van der Waals surface area contributed by atoms with Crippen molar-refractivity contribution < 1.29 is 0 Å². The molecule has 0 radical (unpaired) electrons. The van der Waals surface area contributed by atoms with Crippen LogP contribution in [0, 0.1) is 5.92 Å². The summed E-state index contributed by atoms with van der Waals surface area (Å²) in [7, 11) is 0. The molecule has 2 heteroatoms. The Balaban J connectivity index is 1.93. The Morgan fingerprint density at radius 1 is 1.29 bits per heavy atom. The lowest BCUT2D eigenvalue weighted by Crippen LogP contribution is -2.64. The van der Waals surface area contributed by atoms with E-state index in [9.17, 15) is 0 Å². The summed E-state index contributed by atoms with van der Waals surface area (Å²) in [6.07, 6.45) is 8.33. The molecule has 0 aromatic heterocycles. The van der Waals surface area contributed by atoms with E-state index in [1.165, 1.54) is 58.2 Å². The van der Waals surface area contributed by atoms with Gasteiger partial charge in [0.2, 0.25) is 0 Å². The Morgan fingerprint density at radius 3 is 2.59 bits per heavy atom. The van der Waals surface area contributed by atoms with E-state index in [-0.39, 0.29) is 0 Å². The normalized spacial score (nSPS) is 35.8. The summed E-state index contributed by atoms with van der Waals surface area (Å²) >= 11 is 0. The van der Waals surface area contributed by atoms with Gasteiger partial charge in [0.15, 0.2) is 0 Å². The zero-order valence-corrected chi connectivity index (χ0v) is 12.0. The van der Waals surface area contributed by atoms with E-state index >= 15 is 0 Å². The third kappa shape index (κ3) is 3.03. The van der Waals surface area contributed by atoms with Crippen LogP contribution in [0.5, 0.6) is 0 Å². The molecule has 17 heavy (non-hydrogen) atoms. The lowest BCUT2D eigenvalue weighted by atomic mass is 9.82. The van der Waals surface area contributed by atoms with E-state index in [0.717, 1.165) is 12.0 Å². The van der Waals surface area contributed by atoms with Crippen LogP contribution < -0.4 is 5.32 Å². The van der Waals surface area contributed by atoms with Gasteiger partial charge in [-0.1, -0.05) is 26.7 Å². The summed E-state index contributed by atoms with van der Waals surface area (Å²) in [6, 6.07) is 0.736. The summed E-state index contributed by atoms with van der Waals surface area (Å²) < 4.78 is 0. The Hall–Kier alpha value is -0.0800. The number of nitrogens with one attached hydrogen (secondary N) is 1. The maximum absolute atomic E-state index is 3.76. The quantitative estimate of drug-likeness (QED) is 0.792. The highest BCUT2D eigenvalue weighted by Gasteiger charge is 2.37. The van der Waals surface area contributed by atoms with Crippen molar-refractivity contribution in [3.63, 3.8) is 0 Å². The highest BCUT2D eigenvalue weighted by molar-refractivity contribution is 4.96. The maximum atomic E-state index is 3.76. The molecule has 2 aliphatic rings. The van der Waals surface area contributed by atoms with Crippen molar-refractivity contribution in [2.45, 2.75) is 70.9 Å². The van der Waals surface area contributed by atoms with Gasteiger partial charge in [0, 0.05) is 31.2 Å². The van der Waals surface area contributed by atoms with E-state index in [4.69, 9.17) is 0 Å². The van der Waals surface area contributed by atoms with Gasteiger partial charge in [0.1, 0.15) is 0 Å². The fourth-order valence-electron chi connectivity index (χ4n) is 3.20. The third-order valence-electron chi connectivity index (χ3n) is 5.08. The van der Waals surface area contributed by atoms with Gasteiger partial charge in [0.05, 0.1) is 0 Å². The first-order valence-electron chi connectivity index (χ1n) is 7.66. The van der Waals surface area contributed by atoms with Gasteiger partial charge < -0.3 is 5.32 Å². The molecule has 0 aromatic rings. The molecule has 1 aliphatic carbocycles. The molecule has 1 heterocycles. The average Bonchev–Trinajstić information content (AvgIpc) is 2.28. The SMILES string of the molecule is CCCC1CN(CC2CCC2)C(C)(CC)CN1. The van der Waals surface area contributed by atoms with Crippen molar-refractivity contribution in [3.05, 3.63) is 0 Å². The topological polar surface area (TPSA) is 15.3 Å². The van der Waals surface area contributed by atoms with E-state index in [0.29, 0.717) is 5.54 Å². The van der Waals surface area contributed by atoms with Gasteiger partial charge in [-0.15, -0.1) is 0 Å². The average molecular weight is 238 g/mol. The second kappa shape index (κ2) is 5.71. The first-order valence-corrected chi connectivity index (χ1v) is 7.66.